The molecule has 35 heavy (non-hydrogen) atoms. The largest absolute Gasteiger partial charge is 0.497 e. The Bertz CT molecular complexity index is 1370. The molecule has 10 heteroatoms. The van der Waals surface area contributed by atoms with Gasteiger partial charge in [-0.3, -0.25) is 10.1 Å². The molecule has 10 nitrogen and oxygen atoms in total. The topological polar surface area (TPSA) is 127 Å². The third-order valence-electron chi connectivity index (χ3n) is 4.68. The summed E-state index contributed by atoms with van der Waals surface area (Å²) in [5, 5.41) is 35.8. The van der Waals surface area contributed by atoms with E-state index in [1.807, 2.05) is 36.4 Å². The first-order chi connectivity index (χ1) is 17.1. The zero-order chi connectivity index (χ0) is 24.5. The molecular formula is C25H19N7O3. The first-order valence-corrected chi connectivity index (χ1v) is 10.4. The van der Waals surface area contributed by atoms with Crippen molar-refractivity contribution >= 4 is 39.8 Å². The SMILES string of the molecule is COc1ccc(N=Nc2ccc(N=Nc3ccc(N=Nc4ccc([N+](=O)[O-])cc4)cc3)cc2)cc1. The summed E-state index contributed by atoms with van der Waals surface area (Å²) in [6.07, 6.45) is 0. The molecule has 0 amide bonds. The van der Waals surface area contributed by atoms with Gasteiger partial charge in [-0.15, -0.1) is 0 Å². The second kappa shape index (κ2) is 11.1. The molecular weight excluding hydrogens is 446 g/mol. The lowest BCUT2D eigenvalue weighted by Crippen LogP contribution is -1.85. The Labute approximate surface area is 200 Å². The van der Waals surface area contributed by atoms with Crippen LogP contribution in [0.5, 0.6) is 5.75 Å². The molecule has 0 bridgehead atoms. The van der Waals surface area contributed by atoms with Crippen molar-refractivity contribution in [1.29, 1.82) is 0 Å². The van der Waals surface area contributed by atoms with E-state index in [0.717, 1.165) is 11.4 Å². The van der Waals surface area contributed by atoms with Gasteiger partial charge in [0.25, 0.3) is 5.69 Å². The van der Waals surface area contributed by atoms with Gasteiger partial charge >= 0.3 is 0 Å². The summed E-state index contributed by atoms with van der Waals surface area (Å²) in [7, 11) is 1.61. The third-order valence-corrected chi connectivity index (χ3v) is 4.68. The molecule has 0 aromatic heterocycles. The van der Waals surface area contributed by atoms with Crippen LogP contribution in [-0.4, -0.2) is 12.0 Å². The zero-order valence-corrected chi connectivity index (χ0v) is 18.6. The number of methoxy groups -OCH3 is 1. The maximum Gasteiger partial charge on any atom is 0.269 e. The molecule has 0 aliphatic heterocycles. The quantitative estimate of drug-likeness (QED) is 0.146. The van der Waals surface area contributed by atoms with Gasteiger partial charge in [0.1, 0.15) is 5.75 Å². The Morgan fingerprint density at radius 1 is 0.514 bits per heavy atom. The van der Waals surface area contributed by atoms with Gasteiger partial charge < -0.3 is 4.74 Å². The van der Waals surface area contributed by atoms with E-state index in [0.29, 0.717) is 28.4 Å². The molecule has 0 N–H and O–H groups in total. The Morgan fingerprint density at radius 3 is 1.03 bits per heavy atom. The number of ether oxygens (including phenoxy) is 1. The van der Waals surface area contributed by atoms with Crippen molar-refractivity contribution in [1.82, 2.24) is 0 Å². The van der Waals surface area contributed by atoms with Gasteiger partial charge in [-0.1, -0.05) is 0 Å². The van der Waals surface area contributed by atoms with Crippen molar-refractivity contribution in [2.45, 2.75) is 0 Å². The molecule has 4 rings (SSSR count). The summed E-state index contributed by atoms with van der Waals surface area (Å²) in [4.78, 5) is 10.2. The molecule has 0 saturated carbocycles. The fourth-order valence-electron chi connectivity index (χ4n) is 2.81. The lowest BCUT2D eigenvalue weighted by molar-refractivity contribution is -0.384. The van der Waals surface area contributed by atoms with Crippen LogP contribution >= 0.6 is 0 Å². The summed E-state index contributed by atoms with van der Waals surface area (Å²) in [6, 6.07) is 27.4. The normalized spacial score (nSPS) is 11.5. The molecule has 172 valence electrons. The van der Waals surface area contributed by atoms with Crippen LogP contribution in [0.2, 0.25) is 0 Å². The lowest BCUT2D eigenvalue weighted by atomic mass is 10.3. The van der Waals surface area contributed by atoms with Crippen LogP contribution in [0.25, 0.3) is 0 Å². The molecule has 4 aromatic rings. The number of nitrogens with zero attached hydrogens (tertiary/aromatic N) is 7. The number of nitro benzene ring substituents is 1. The van der Waals surface area contributed by atoms with E-state index in [1.54, 1.807) is 43.5 Å². The van der Waals surface area contributed by atoms with E-state index >= 15 is 0 Å². The predicted octanol–water partition coefficient (Wildman–Crippen LogP) is 8.85. The van der Waals surface area contributed by atoms with Gasteiger partial charge in [-0.2, -0.15) is 30.7 Å². The summed E-state index contributed by atoms with van der Waals surface area (Å²) in [6.45, 7) is 0. The second-order valence-electron chi connectivity index (χ2n) is 7.10. The van der Waals surface area contributed by atoms with Gasteiger partial charge in [0.05, 0.1) is 46.2 Å². The van der Waals surface area contributed by atoms with Crippen LogP contribution in [-0.2, 0) is 0 Å². The average molecular weight is 465 g/mol. The van der Waals surface area contributed by atoms with Crippen LogP contribution < -0.4 is 4.74 Å². The highest BCUT2D eigenvalue weighted by molar-refractivity contribution is 5.50. The first-order valence-electron chi connectivity index (χ1n) is 10.4. The van der Waals surface area contributed by atoms with Gasteiger partial charge in [-0.05, 0) is 84.9 Å². The van der Waals surface area contributed by atoms with Crippen LogP contribution in [0.4, 0.5) is 39.8 Å². The number of azo groups is 3. The first kappa shape index (κ1) is 23.1. The fourth-order valence-corrected chi connectivity index (χ4v) is 2.81. The molecule has 0 heterocycles. The molecule has 0 fully saturated rings. The Morgan fingerprint density at radius 2 is 0.771 bits per heavy atom. The van der Waals surface area contributed by atoms with Crippen LogP contribution in [0.1, 0.15) is 0 Å². The van der Waals surface area contributed by atoms with Gasteiger partial charge in [0.15, 0.2) is 0 Å². The van der Waals surface area contributed by atoms with E-state index in [4.69, 9.17) is 4.74 Å². The summed E-state index contributed by atoms with van der Waals surface area (Å²) >= 11 is 0. The van der Waals surface area contributed by atoms with Gasteiger partial charge in [0.2, 0.25) is 0 Å². The number of hydrogen-bond donors (Lipinski definition) is 0. The van der Waals surface area contributed by atoms with Crippen LogP contribution in [0, 0.1) is 10.1 Å². The van der Waals surface area contributed by atoms with Gasteiger partial charge in [-0.25, -0.2) is 0 Å². The van der Waals surface area contributed by atoms with Gasteiger partial charge in [0, 0.05) is 12.1 Å². The zero-order valence-electron chi connectivity index (χ0n) is 18.6. The molecule has 0 unspecified atom stereocenters. The highest BCUT2D eigenvalue weighted by Crippen LogP contribution is 2.26. The summed E-state index contributed by atoms with van der Waals surface area (Å²) < 4.78 is 5.12. The standard InChI is InChI=1S/C25H19N7O3/c1-35-25-16-12-23(13-17-25)31-29-21-8-4-19(5-9-21)27-26-18-2-6-20(7-3-18)28-30-22-10-14-24(15-11-22)32(33)34/h2-17H,1H3. The molecule has 0 spiro atoms. The van der Waals surface area contributed by atoms with Crippen LogP contribution in [0.3, 0.4) is 0 Å². The maximum atomic E-state index is 10.7. The minimum atomic E-state index is -0.461. The van der Waals surface area contributed by atoms with Crippen molar-refractivity contribution in [3.8, 4) is 5.75 Å². The average Bonchev–Trinajstić information content (AvgIpc) is 2.91. The van der Waals surface area contributed by atoms with Crippen molar-refractivity contribution in [3.63, 3.8) is 0 Å². The maximum absolute atomic E-state index is 10.7. The lowest BCUT2D eigenvalue weighted by Gasteiger charge is -1.98. The van der Waals surface area contributed by atoms with Crippen molar-refractivity contribution < 1.29 is 9.66 Å². The monoisotopic (exact) mass is 465 g/mol. The van der Waals surface area contributed by atoms with Crippen molar-refractivity contribution in [2.24, 2.45) is 30.7 Å². The number of non-ortho nitro benzene ring substituents is 1. The molecule has 4 aromatic carbocycles. The second-order valence-corrected chi connectivity index (χ2v) is 7.10. The minimum absolute atomic E-state index is 0.00580. The molecule has 0 radical (unpaired) electrons. The van der Waals surface area contributed by atoms with E-state index < -0.39 is 4.92 Å². The Kier molecular flexibility index (Phi) is 7.34. The summed E-state index contributed by atoms with van der Waals surface area (Å²) in [5.41, 5.74) is 3.90. The highest BCUT2D eigenvalue weighted by Gasteiger charge is 2.03. The minimum Gasteiger partial charge on any atom is -0.497 e. The van der Waals surface area contributed by atoms with Crippen LogP contribution in [0.15, 0.2) is 128 Å². The van der Waals surface area contributed by atoms with E-state index in [9.17, 15) is 10.1 Å². The van der Waals surface area contributed by atoms with E-state index in [1.165, 1.54) is 24.3 Å². The van der Waals surface area contributed by atoms with Crippen molar-refractivity contribution in [2.75, 3.05) is 7.11 Å². The fraction of sp³-hybridized carbons (Fsp3) is 0.0400. The Balaban J connectivity index is 1.33. The number of nitro groups is 1. The third kappa shape index (κ3) is 6.68. The number of benzene rings is 4. The molecule has 0 aliphatic carbocycles. The number of hydrogen-bond acceptors (Lipinski definition) is 9. The summed E-state index contributed by atoms with van der Waals surface area (Å²) in [5.74, 6) is 0.764. The Hall–Kier alpha value is -5.12. The van der Waals surface area contributed by atoms with E-state index in [2.05, 4.69) is 30.7 Å². The molecule has 0 atom stereocenters. The smallest absolute Gasteiger partial charge is 0.269 e. The molecule has 0 saturated heterocycles. The molecule has 0 aliphatic rings. The number of rotatable bonds is 8. The highest BCUT2D eigenvalue weighted by atomic mass is 16.6. The van der Waals surface area contributed by atoms with E-state index in [-0.39, 0.29) is 5.69 Å². The predicted molar refractivity (Wildman–Crippen MR) is 132 cm³/mol. The van der Waals surface area contributed by atoms with Crippen molar-refractivity contribution in [3.05, 3.63) is 107 Å².